The summed E-state index contributed by atoms with van der Waals surface area (Å²) in [5, 5.41) is 3.81. The fourth-order valence-electron chi connectivity index (χ4n) is 6.56. The van der Waals surface area contributed by atoms with E-state index in [9.17, 15) is 0 Å². The number of piperidine rings is 1. The summed E-state index contributed by atoms with van der Waals surface area (Å²) in [6.45, 7) is 5.72. The molecule has 0 aliphatic carbocycles. The Morgan fingerprint density at radius 2 is 1.38 bits per heavy atom. The SMILES string of the molecule is COc1cc2c(cc1OC)C(C[C@@H]1CCN3CCc4cc(OC)c(OC)cc4[C@@H]3[C@H]1C)NCC2. The van der Waals surface area contributed by atoms with E-state index >= 15 is 0 Å². The quantitative estimate of drug-likeness (QED) is 0.674. The van der Waals surface area contributed by atoms with Crippen LogP contribution in [0.1, 0.15) is 54.1 Å². The Labute approximate surface area is 203 Å². The zero-order valence-corrected chi connectivity index (χ0v) is 21.1. The molecule has 6 nitrogen and oxygen atoms in total. The number of benzene rings is 2. The molecule has 2 aromatic rings. The smallest absolute Gasteiger partial charge is 0.161 e. The maximum atomic E-state index is 5.67. The highest BCUT2D eigenvalue weighted by Gasteiger charge is 2.41. The lowest BCUT2D eigenvalue weighted by Gasteiger charge is -2.48. The first-order chi connectivity index (χ1) is 16.6. The number of ether oxygens (including phenoxy) is 4. The summed E-state index contributed by atoms with van der Waals surface area (Å²) in [7, 11) is 6.88. The van der Waals surface area contributed by atoms with E-state index in [0.717, 1.165) is 61.9 Å². The van der Waals surface area contributed by atoms with Crippen LogP contribution in [0.3, 0.4) is 0 Å². The van der Waals surface area contributed by atoms with Crippen LogP contribution in [-0.4, -0.2) is 53.0 Å². The number of rotatable bonds is 6. The maximum absolute atomic E-state index is 5.67. The Balaban J connectivity index is 1.42. The Morgan fingerprint density at radius 3 is 2.03 bits per heavy atom. The van der Waals surface area contributed by atoms with E-state index in [1.165, 1.54) is 28.7 Å². The van der Waals surface area contributed by atoms with Gasteiger partial charge >= 0.3 is 0 Å². The van der Waals surface area contributed by atoms with Gasteiger partial charge in [-0.1, -0.05) is 6.92 Å². The molecule has 1 fully saturated rings. The van der Waals surface area contributed by atoms with E-state index in [4.69, 9.17) is 18.9 Å². The lowest BCUT2D eigenvalue weighted by Crippen LogP contribution is -2.46. The second kappa shape index (κ2) is 9.67. The van der Waals surface area contributed by atoms with Gasteiger partial charge in [-0.15, -0.1) is 0 Å². The summed E-state index contributed by atoms with van der Waals surface area (Å²) >= 11 is 0. The molecule has 34 heavy (non-hydrogen) atoms. The zero-order chi connectivity index (χ0) is 23.8. The first-order valence-corrected chi connectivity index (χ1v) is 12.5. The highest BCUT2D eigenvalue weighted by atomic mass is 16.5. The predicted molar refractivity (Wildman–Crippen MR) is 133 cm³/mol. The summed E-state index contributed by atoms with van der Waals surface area (Å²) in [5.74, 6) is 4.50. The van der Waals surface area contributed by atoms with Gasteiger partial charge in [0.15, 0.2) is 23.0 Å². The van der Waals surface area contributed by atoms with Crippen LogP contribution in [0.15, 0.2) is 24.3 Å². The molecule has 1 unspecified atom stereocenters. The molecule has 1 N–H and O–H groups in total. The molecular weight excluding hydrogens is 428 g/mol. The fourth-order valence-corrected chi connectivity index (χ4v) is 6.56. The van der Waals surface area contributed by atoms with Gasteiger partial charge in [-0.3, -0.25) is 4.90 Å². The summed E-state index contributed by atoms with van der Waals surface area (Å²) in [6.07, 6.45) is 4.47. The molecule has 3 aliphatic rings. The number of fused-ring (bicyclic) bond motifs is 4. The van der Waals surface area contributed by atoms with Gasteiger partial charge in [-0.25, -0.2) is 0 Å². The van der Waals surface area contributed by atoms with Crippen LogP contribution in [-0.2, 0) is 12.8 Å². The van der Waals surface area contributed by atoms with Crippen LogP contribution in [0.25, 0.3) is 0 Å². The topological polar surface area (TPSA) is 52.2 Å². The molecule has 3 aliphatic heterocycles. The minimum Gasteiger partial charge on any atom is -0.493 e. The van der Waals surface area contributed by atoms with Crippen molar-refractivity contribution in [1.82, 2.24) is 10.2 Å². The molecular formula is C28H38N2O4. The first kappa shape index (κ1) is 23.3. The number of nitrogens with zero attached hydrogens (tertiary/aromatic N) is 1. The van der Waals surface area contributed by atoms with Gasteiger partial charge in [0, 0.05) is 18.6 Å². The van der Waals surface area contributed by atoms with Crippen LogP contribution in [0.2, 0.25) is 0 Å². The minimum absolute atomic E-state index is 0.344. The van der Waals surface area contributed by atoms with E-state index < -0.39 is 0 Å². The Kier molecular flexibility index (Phi) is 6.63. The Hall–Kier alpha value is -2.44. The number of hydrogen-bond donors (Lipinski definition) is 1. The van der Waals surface area contributed by atoms with Crippen LogP contribution < -0.4 is 24.3 Å². The van der Waals surface area contributed by atoms with Crippen molar-refractivity contribution in [1.29, 1.82) is 0 Å². The third-order valence-electron chi connectivity index (χ3n) is 8.40. The molecule has 1 saturated heterocycles. The van der Waals surface area contributed by atoms with E-state index in [1.807, 2.05) is 0 Å². The second-order valence-corrected chi connectivity index (χ2v) is 9.94. The van der Waals surface area contributed by atoms with Gasteiger partial charge in [0.05, 0.1) is 28.4 Å². The molecule has 0 spiro atoms. The molecule has 0 saturated carbocycles. The summed E-state index contributed by atoms with van der Waals surface area (Å²) in [4.78, 5) is 2.69. The van der Waals surface area contributed by atoms with Crippen molar-refractivity contribution in [2.75, 3.05) is 48.1 Å². The van der Waals surface area contributed by atoms with Crippen molar-refractivity contribution >= 4 is 0 Å². The monoisotopic (exact) mass is 466 g/mol. The molecule has 0 bridgehead atoms. The summed E-state index contributed by atoms with van der Waals surface area (Å²) in [5.41, 5.74) is 5.58. The van der Waals surface area contributed by atoms with Gasteiger partial charge < -0.3 is 24.3 Å². The summed E-state index contributed by atoms with van der Waals surface area (Å²) < 4.78 is 22.5. The van der Waals surface area contributed by atoms with Crippen LogP contribution in [0.5, 0.6) is 23.0 Å². The third kappa shape index (κ3) is 4.01. The van der Waals surface area contributed by atoms with Crippen molar-refractivity contribution in [2.45, 2.75) is 44.7 Å². The van der Waals surface area contributed by atoms with E-state index in [2.05, 4.69) is 41.4 Å². The lowest BCUT2D eigenvalue weighted by atomic mass is 9.71. The lowest BCUT2D eigenvalue weighted by molar-refractivity contribution is 0.0405. The standard InChI is InChI=1S/C28H38N2O4/c1-17-18(12-23-21-15-26(33-4)24(31-2)13-19(21)6-9-29-23)7-10-30-11-8-20-14-25(32-3)27(34-5)16-22(20)28(17)30/h13-18,23,28-29H,6-12H2,1-5H3/t17-,18-,23?,28-/m0/s1. The van der Waals surface area contributed by atoms with Gasteiger partial charge in [0.2, 0.25) is 0 Å². The maximum Gasteiger partial charge on any atom is 0.161 e. The largest absolute Gasteiger partial charge is 0.493 e. The molecule has 0 radical (unpaired) electrons. The van der Waals surface area contributed by atoms with Gasteiger partial charge in [0.25, 0.3) is 0 Å². The molecule has 0 amide bonds. The molecule has 2 aromatic carbocycles. The van der Waals surface area contributed by atoms with E-state index in [1.54, 1.807) is 28.4 Å². The van der Waals surface area contributed by atoms with Crippen molar-refractivity contribution in [3.63, 3.8) is 0 Å². The van der Waals surface area contributed by atoms with E-state index in [-0.39, 0.29) is 0 Å². The van der Waals surface area contributed by atoms with Crippen molar-refractivity contribution in [2.24, 2.45) is 11.8 Å². The highest BCUT2D eigenvalue weighted by molar-refractivity contribution is 5.51. The van der Waals surface area contributed by atoms with E-state index in [0.29, 0.717) is 23.9 Å². The molecule has 184 valence electrons. The molecule has 4 atom stereocenters. The number of methoxy groups -OCH3 is 4. The normalized spacial score (nSPS) is 26.1. The van der Waals surface area contributed by atoms with Crippen molar-refractivity contribution in [3.05, 3.63) is 46.5 Å². The number of hydrogen-bond acceptors (Lipinski definition) is 6. The summed E-state index contributed by atoms with van der Waals surface area (Å²) in [6, 6.07) is 9.56. The average molecular weight is 467 g/mol. The van der Waals surface area contributed by atoms with Gasteiger partial charge in [0.1, 0.15) is 0 Å². The van der Waals surface area contributed by atoms with Crippen LogP contribution in [0.4, 0.5) is 0 Å². The zero-order valence-electron chi connectivity index (χ0n) is 21.1. The van der Waals surface area contributed by atoms with Crippen molar-refractivity contribution in [3.8, 4) is 23.0 Å². The van der Waals surface area contributed by atoms with Crippen LogP contribution >= 0.6 is 0 Å². The molecule has 5 rings (SSSR count). The second-order valence-electron chi connectivity index (χ2n) is 9.94. The van der Waals surface area contributed by atoms with Crippen molar-refractivity contribution < 1.29 is 18.9 Å². The first-order valence-electron chi connectivity index (χ1n) is 12.5. The number of nitrogens with one attached hydrogen (secondary N) is 1. The van der Waals surface area contributed by atoms with Crippen LogP contribution in [0, 0.1) is 11.8 Å². The fraction of sp³-hybridized carbons (Fsp3) is 0.571. The Morgan fingerprint density at radius 1 is 0.794 bits per heavy atom. The molecule has 0 aromatic heterocycles. The Bertz CT molecular complexity index is 1040. The average Bonchev–Trinajstić information content (AvgIpc) is 2.88. The predicted octanol–water partition coefficient (Wildman–Crippen LogP) is 4.55. The van der Waals surface area contributed by atoms with Gasteiger partial charge in [-0.05, 0) is 97.1 Å². The minimum atomic E-state index is 0.344. The molecule has 3 heterocycles. The van der Waals surface area contributed by atoms with Gasteiger partial charge in [-0.2, -0.15) is 0 Å². The third-order valence-corrected chi connectivity index (χ3v) is 8.40. The highest BCUT2D eigenvalue weighted by Crippen LogP contribution is 2.48. The molecule has 6 heteroatoms.